The van der Waals surface area contributed by atoms with Gasteiger partial charge in [0.05, 0.1) is 6.61 Å². The van der Waals surface area contributed by atoms with Crippen molar-refractivity contribution in [1.82, 2.24) is 15.1 Å². The number of rotatable bonds is 7. The molecule has 0 aromatic carbocycles. The number of nitrogens with zero attached hydrogens (tertiary/aromatic N) is 2. The largest absolute Gasteiger partial charge is 0.395 e. The highest BCUT2D eigenvalue weighted by molar-refractivity contribution is 4.79. The zero-order chi connectivity index (χ0) is 12.7. The van der Waals surface area contributed by atoms with Crippen LogP contribution in [0.15, 0.2) is 0 Å². The van der Waals surface area contributed by atoms with Crippen molar-refractivity contribution < 1.29 is 5.11 Å². The van der Waals surface area contributed by atoms with Crippen molar-refractivity contribution in [2.24, 2.45) is 0 Å². The lowest BCUT2D eigenvalue weighted by Gasteiger charge is -2.39. The molecule has 2 N–H and O–H groups in total. The van der Waals surface area contributed by atoms with Gasteiger partial charge in [-0.1, -0.05) is 13.8 Å². The Balaban J connectivity index is 2.26. The van der Waals surface area contributed by atoms with Crippen LogP contribution in [0.1, 0.15) is 27.2 Å². The maximum atomic E-state index is 9.27. The van der Waals surface area contributed by atoms with Crippen molar-refractivity contribution >= 4 is 0 Å². The maximum absolute atomic E-state index is 9.27. The summed E-state index contributed by atoms with van der Waals surface area (Å²) < 4.78 is 0. The van der Waals surface area contributed by atoms with Gasteiger partial charge < -0.3 is 10.4 Å². The first-order chi connectivity index (χ1) is 8.21. The molecule has 0 aromatic heterocycles. The van der Waals surface area contributed by atoms with Crippen LogP contribution in [0, 0.1) is 0 Å². The van der Waals surface area contributed by atoms with Gasteiger partial charge in [0.25, 0.3) is 0 Å². The number of aliphatic hydroxyl groups is 1. The van der Waals surface area contributed by atoms with Crippen LogP contribution in [0.25, 0.3) is 0 Å². The number of hydrogen-bond acceptors (Lipinski definition) is 4. The molecule has 1 rings (SSSR count). The molecule has 1 heterocycles. The maximum Gasteiger partial charge on any atom is 0.0597 e. The average molecular weight is 243 g/mol. The zero-order valence-electron chi connectivity index (χ0n) is 11.7. The first-order valence-electron chi connectivity index (χ1n) is 7.01. The SMILES string of the molecule is CCNC(CO)CN1CCN(C(C)CC)CC1. The van der Waals surface area contributed by atoms with E-state index in [1.54, 1.807) is 0 Å². The van der Waals surface area contributed by atoms with Gasteiger partial charge in [0.2, 0.25) is 0 Å². The van der Waals surface area contributed by atoms with Crippen molar-refractivity contribution in [3.63, 3.8) is 0 Å². The lowest BCUT2D eigenvalue weighted by atomic mass is 10.2. The summed E-state index contributed by atoms with van der Waals surface area (Å²) in [6.07, 6.45) is 1.23. The van der Waals surface area contributed by atoms with E-state index < -0.39 is 0 Å². The molecule has 0 radical (unpaired) electrons. The second-order valence-electron chi connectivity index (χ2n) is 5.03. The highest BCUT2D eigenvalue weighted by Gasteiger charge is 2.21. The molecule has 2 unspecified atom stereocenters. The van der Waals surface area contributed by atoms with Crippen LogP contribution >= 0.6 is 0 Å². The molecule has 0 bridgehead atoms. The van der Waals surface area contributed by atoms with E-state index in [2.05, 4.69) is 35.9 Å². The molecule has 0 amide bonds. The van der Waals surface area contributed by atoms with E-state index in [0.29, 0.717) is 6.04 Å². The molecule has 1 aliphatic heterocycles. The van der Waals surface area contributed by atoms with Crippen molar-refractivity contribution in [2.45, 2.75) is 39.3 Å². The predicted molar refractivity (Wildman–Crippen MR) is 72.3 cm³/mol. The van der Waals surface area contributed by atoms with E-state index in [0.717, 1.165) is 26.2 Å². The van der Waals surface area contributed by atoms with E-state index in [-0.39, 0.29) is 12.6 Å². The highest BCUT2D eigenvalue weighted by Crippen LogP contribution is 2.08. The van der Waals surface area contributed by atoms with Gasteiger partial charge in [0, 0.05) is 44.8 Å². The first kappa shape index (κ1) is 14.9. The number of nitrogens with one attached hydrogen (secondary N) is 1. The van der Waals surface area contributed by atoms with Gasteiger partial charge in [-0.15, -0.1) is 0 Å². The molecular formula is C13H29N3O. The minimum absolute atomic E-state index is 0.232. The van der Waals surface area contributed by atoms with Crippen LogP contribution in [0.4, 0.5) is 0 Å². The van der Waals surface area contributed by atoms with Crippen LogP contribution in [-0.4, -0.2) is 72.9 Å². The fourth-order valence-corrected chi connectivity index (χ4v) is 2.43. The third-order valence-corrected chi connectivity index (χ3v) is 3.81. The highest BCUT2D eigenvalue weighted by atomic mass is 16.3. The second kappa shape index (κ2) is 8.03. The summed E-state index contributed by atoms with van der Waals surface area (Å²) in [5.74, 6) is 0. The van der Waals surface area contributed by atoms with Gasteiger partial charge in [-0.3, -0.25) is 9.80 Å². The van der Waals surface area contributed by atoms with Gasteiger partial charge in [-0.25, -0.2) is 0 Å². The van der Waals surface area contributed by atoms with Crippen LogP contribution in [0.5, 0.6) is 0 Å². The minimum atomic E-state index is 0.232. The summed E-state index contributed by atoms with van der Waals surface area (Å²) in [7, 11) is 0. The molecule has 17 heavy (non-hydrogen) atoms. The van der Waals surface area contributed by atoms with Crippen LogP contribution < -0.4 is 5.32 Å². The van der Waals surface area contributed by atoms with Crippen molar-refractivity contribution in [2.75, 3.05) is 45.9 Å². The molecule has 1 aliphatic rings. The summed E-state index contributed by atoms with van der Waals surface area (Å²) in [6.45, 7) is 13.4. The Kier molecular flexibility index (Phi) is 7.04. The Labute approximate surface area is 106 Å². The monoisotopic (exact) mass is 243 g/mol. The topological polar surface area (TPSA) is 38.7 Å². The number of hydrogen-bond donors (Lipinski definition) is 2. The standard InChI is InChI=1S/C13H29N3O/c1-4-12(3)16-8-6-15(7-9-16)10-13(11-17)14-5-2/h12-14,17H,4-11H2,1-3H3. The van der Waals surface area contributed by atoms with E-state index >= 15 is 0 Å². The molecule has 4 nitrogen and oxygen atoms in total. The van der Waals surface area contributed by atoms with Crippen molar-refractivity contribution in [3.05, 3.63) is 0 Å². The zero-order valence-corrected chi connectivity index (χ0v) is 11.7. The van der Waals surface area contributed by atoms with Gasteiger partial charge >= 0.3 is 0 Å². The van der Waals surface area contributed by atoms with E-state index in [1.165, 1.54) is 19.5 Å². The van der Waals surface area contributed by atoms with Crippen LogP contribution in [0.3, 0.4) is 0 Å². The van der Waals surface area contributed by atoms with Gasteiger partial charge in [0.1, 0.15) is 0 Å². The van der Waals surface area contributed by atoms with Crippen molar-refractivity contribution in [1.29, 1.82) is 0 Å². The van der Waals surface area contributed by atoms with Gasteiger partial charge in [-0.05, 0) is 19.9 Å². The molecule has 0 spiro atoms. The molecule has 0 aliphatic carbocycles. The Morgan fingerprint density at radius 2 is 1.82 bits per heavy atom. The average Bonchev–Trinajstić information content (AvgIpc) is 2.38. The molecule has 0 saturated carbocycles. The van der Waals surface area contributed by atoms with Gasteiger partial charge in [0.15, 0.2) is 0 Å². The lowest BCUT2D eigenvalue weighted by molar-refractivity contribution is 0.0864. The summed E-state index contributed by atoms with van der Waals surface area (Å²) >= 11 is 0. The molecule has 1 saturated heterocycles. The Morgan fingerprint density at radius 1 is 1.18 bits per heavy atom. The number of piperazine rings is 1. The summed E-state index contributed by atoms with van der Waals surface area (Å²) in [5.41, 5.74) is 0. The second-order valence-corrected chi connectivity index (χ2v) is 5.03. The third kappa shape index (κ3) is 4.92. The summed E-state index contributed by atoms with van der Waals surface area (Å²) in [5, 5.41) is 12.6. The quantitative estimate of drug-likeness (QED) is 0.678. The van der Waals surface area contributed by atoms with E-state index in [9.17, 15) is 5.11 Å². The van der Waals surface area contributed by atoms with Crippen LogP contribution in [0.2, 0.25) is 0 Å². The lowest BCUT2D eigenvalue weighted by Crippen LogP contribution is -2.53. The minimum Gasteiger partial charge on any atom is -0.395 e. The van der Waals surface area contributed by atoms with E-state index in [4.69, 9.17) is 0 Å². The third-order valence-electron chi connectivity index (χ3n) is 3.81. The Morgan fingerprint density at radius 3 is 2.29 bits per heavy atom. The normalized spacial score (nSPS) is 22.6. The number of aliphatic hydroxyl groups excluding tert-OH is 1. The fourth-order valence-electron chi connectivity index (χ4n) is 2.43. The van der Waals surface area contributed by atoms with E-state index in [1.807, 2.05) is 0 Å². The molecule has 4 heteroatoms. The molecule has 102 valence electrons. The molecule has 0 aromatic rings. The molecular weight excluding hydrogens is 214 g/mol. The summed E-state index contributed by atoms with van der Waals surface area (Å²) in [6, 6.07) is 0.940. The molecule has 2 atom stereocenters. The predicted octanol–water partition coefficient (Wildman–Crippen LogP) is 0.373. The summed E-state index contributed by atoms with van der Waals surface area (Å²) in [4.78, 5) is 5.03. The Bertz CT molecular complexity index is 193. The Hall–Kier alpha value is -0.160. The smallest absolute Gasteiger partial charge is 0.0597 e. The van der Waals surface area contributed by atoms with Gasteiger partial charge in [-0.2, -0.15) is 0 Å². The first-order valence-corrected chi connectivity index (χ1v) is 7.01. The molecule has 1 fully saturated rings. The van der Waals surface area contributed by atoms with Crippen LogP contribution in [-0.2, 0) is 0 Å². The number of likely N-dealkylation sites (N-methyl/N-ethyl adjacent to an activating group) is 1. The fraction of sp³-hybridized carbons (Fsp3) is 1.00. The van der Waals surface area contributed by atoms with Crippen molar-refractivity contribution in [3.8, 4) is 0 Å².